The van der Waals surface area contributed by atoms with E-state index < -0.39 is 0 Å². The molecule has 5 aromatic heterocycles. The number of aliphatic imine (C=N–C) groups is 1. The van der Waals surface area contributed by atoms with Gasteiger partial charge in [0.25, 0.3) is 5.56 Å². The standard InChI is InChI=1S/C13H11N5O2.C11H10ClN3O.C4H5N/c1-9-11(19)16-13(18-6-5-15-8-18)17-12(9)20-10-3-2-4-14-7-10;1-7-8(2)14-11(12)15-10(7)16-9-4-3-5-13-6-9;1-2-4-5-3-1/h2-8H,1H3,(H,16,17,19);3-6H,1-2H3;1,3-4H,2H2. The molecule has 6 rings (SSSR count). The molecule has 5 aromatic rings. The van der Waals surface area contributed by atoms with Crippen molar-refractivity contribution in [1.29, 1.82) is 0 Å². The Kier molecular flexibility index (Phi) is 9.99. The molecule has 0 saturated heterocycles. The lowest BCUT2D eigenvalue weighted by molar-refractivity contribution is 0.452. The van der Waals surface area contributed by atoms with Crippen LogP contribution in [0.3, 0.4) is 0 Å². The minimum absolute atomic E-state index is 0.182. The number of H-pyrrole nitrogens is 1. The summed E-state index contributed by atoms with van der Waals surface area (Å²) in [6.45, 7) is 5.39. The molecule has 0 bridgehead atoms. The van der Waals surface area contributed by atoms with Crippen molar-refractivity contribution in [3.05, 3.63) is 113 Å². The summed E-state index contributed by atoms with van der Waals surface area (Å²) in [5.74, 6) is 2.19. The summed E-state index contributed by atoms with van der Waals surface area (Å²) in [5, 5.41) is 0.182. The van der Waals surface area contributed by atoms with Crippen LogP contribution in [0.1, 0.15) is 23.2 Å². The van der Waals surface area contributed by atoms with Crippen LogP contribution >= 0.6 is 11.6 Å². The van der Waals surface area contributed by atoms with Gasteiger partial charge in [-0.15, -0.1) is 0 Å². The van der Waals surface area contributed by atoms with Crippen LogP contribution < -0.4 is 15.0 Å². The number of ether oxygens (including phenoxy) is 2. The fourth-order valence-corrected chi connectivity index (χ4v) is 3.32. The van der Waals surface area contributed by atoms with Crippen LogP contribution in [0.5, 0.6) is 23.3 Å². The molecular weight excluding hydrogens is 546 g/mol. The molecule has 0 radical (unpaired) electrons. The number of rotatable bonds is 5. The van der Waals surface area contributed by atoms with E-state index in [9.17, 15) is 4.79 Å². The van der Waals surface area contributed by atoms with Crippen LogP contribution in [0.4, 0.5) is 0 Å². The quantitative estimate of drug-likeness (QED) is 0.275. The van der Waals surface area contributed by atoms with Crippen LogP contribution in [-0.4, -0.2) is 45.7 Å². The molecule has 0 aromatic carbocycles. The molecule has 6 heterocycles. The summed E-state index contributed by atoms with van der Waals surface area (Å²) in [5.41, 5.74) is 1.81. The van der Waals surface area contributed by atoms with Gasteiger partial charge >= 0.3 is 0 Å². The molecule has 13 heteroatoms. The fraction of sp³-hybridized carbons (Fsp3) is 0.143. The first kappa shape index (κ1) is 28.8. The summed E-state index contributed by atoms with van der Waals surface area (Å²) in [6.07, 6.45) is 18.0. The van der Waals surface area contributed by atoms with Gasteiger partial charge in [0, 0.05) is 54.9 Å². The molecule has 0 saturated carbocycles. The van der Waals surface area contributed by atoms with Gasteiger partial charge in [-0.3, -0.25) is 29.3 Å². The molecule has 1 N–H and O–H groups in total. The predicted octanol–water partition coefficient (Wildman–Crippen LogP) is 5.36. The SMILES string of the molecule is C1=CN=CC1.Cc1c(Oc2cccnc2)nc(-n2ccnc2)[nH]c1=O.Cc1nc(Cl)nc(Oc2cccnc2)c1C. The number of hydrogen-bond acceptors (Lipinski definition) is 10. The minimum Gasteiger partial charge on any atom is -0.437 e. The van der Waals surface area contributed by atoms with Crippen molar-refractivity contribution in [3.63, 3.8) is 0 Å². The summed E-state index contributed by atoms with van der Waals surface area (Å²) in [6, 6.07) is 7.08. The van der Waals surface area contributed by atoms with Crippen LogP contribution in [-0.2, 0) is 0 Å². The predicted molar refractivity (Wildman–Crippen MR) is 154 cm³/mol. The van der Waals surface area contributed by atoms with E-state index in [1.165, 1.54) is 0 Å². The number of nitrogens with zero attached hydrogens (tertiary/aromatic N) is 8. The maximum atomic E-state index is 11.9. The zero-order chi connectivity index (χ0) is 29.0. The van der Waals surface area contributed by atoms with Gasteiger partial charge in [0.2, 0.25) is 23.0 Å². The normalized spacial score (nSPS) is 11.2. The Hall–Kier alpha value is -5.23. The van der Waals surface area contributed by atoms with E-state index in [4.69, 9.17) is 21.1 Å². The molecule has 12 nitrogen and oxygen atoms in total. The second kappa shape index (κ2) is 14.2. The lowest BCUT2D eigenvalue weighted by atomic mass is 10.3. The van der Waals surface area contributed by atoms with Gasteiger partial charge < -0.3 is 9.47 Å². The lowest BCUT2D eigenvalue weighted by Crippen LogP contribution is -2.16. The Morgan fingerprint density at radius 1 is 0.878 bits per heavy atom. The Morgan fingerprint density at radius 3 is 2.07 bits per heavy atom. The number of hydrogen-bond donors (Lipinski definition) is 1. The monoisotopic (exact) mass is 571 g/mol. The van der Waals surface area contributed by atoms with Crippen molar-refractivity contribution >= 4 is 17.8 Å². The lowest BCUT2D eigenvalue weighted by Gasteiger charge is -2.08. The van der Waals surface area contributed by atoms with Crippen LogP contribution in [0.2, 0.25) is 5.28 Å². The van der Waals surface area contributed by atoms with Crippen molar-refractivity contribution in [3.8, 4) is 29.2 Å². The van der Waals surface area contributed by atoms with Gasteiger partial charge in [0.1, 0.15) is 17.8 Å². The number of allylic oxidation sites excluding steroid dienone is 1. The highest BCUT2D eigenvalue weighted by molar-refractivity contribution is 6.28. The number of aryl methyl sites for hydroxylation is 1. The molecule has 0 atom stereocenters. The molecule has 0 aliphatic carbocycles. The van der Waals surface area contributed by atoms with Gasteiger partial charge in [-0.25, -0.2) is 9.97 Å². The zero-order valence-corrected chi connectivity index (χ0v) is 23.2. The second-order valence-electron chi connectivity index (χ2n) is 8.33. The largest absolute Gasteiger partial charge is 0.437 e. The Balaban J connectivity index is 0.000000164. The van der Waals surface area contributed by atoms with Crippen molar-refractivity contribution in [2.75, 3.05) is 0 Å². The zero-order valence-electron chi connectivity index (χ0n) is 22.5. The van der Waals surface area contributed by atoms with E-state index >= 15 is 0 Å². The summed E-state index contributed by atoms with van der Waals surface area (Å²) in [4.78, 5) is 42.5. The topological polar surface area (TPSA) is 146 Å². The molecule has 41 heavy (non-hydrogen) atoms. The van der Waals surface area contributed by atoms with Gasteiger partial charge in [0.05, 0.1) is 18.0 Å². The third-order valence-corrected chi connectivity index (χ3v) is 5.57. The molecule has 1 aliphatic heterocycles. The number of pyridine rings is 2. The minimum atomic E-state index is -0.261. The maximum absolute atomic E-state index is 11.9. The van der Waals surface area contributed by atoms with Gasteiger partial charge in [0.15, 0.2) is 0 Å². The fourth-order valence-electron chi connectivity index (χ4n) is 3.12. The summed E-state index contributed by atoms with van der Waals surface area (Å²) >= 11 is 5.77. The summed E-state index contributed by atoms with van der Waals surface area (Å²) in [7, 11) is 0. The average Bonchev–Trinajstić information content (AvgIpc) is 3.73. The first-order valence-electron chi connectivity index (χ1n) is 12.3. The molecule has 1 aliphatic rings. The molecule has 0 unspecified atom stereocenters. The highest BCUT2D eigenvalue weighted by atomic mass is 35.5. The van der Waals surface area contributed by atoms with Gasteiger partial charge in [-0.1, -0.05) is 6.08 Å². The third kappa shape index (κ3) is 8.38. The Morgan fingerprint density at radius 2 is 1.56 bits per heavy atom. The van der Waals surface area contributed by atoms with Crippen molar-refractivity contribution in [2.45, 2.75) is 27.2 Å². The molecule has 208 valence electrons. The van der Waals surface area contributed by atoms with Gasteiger partial charge in [-0.05, 0) is 56.6 Å². The number of nitrogens with one attached hydrogen (secondary N) is 1. The first-order valence-corrected chi connectivity index (χ1v) is 12.7. The van der Waals surface area contributed by atoms with E-state index in [1.807, 2.05) is 26.1 Å². The number of halogens is 1. The molecule has 0 spiro atoms. The second-order valence-corrected chi connectivity index (χ2v) is 8.67. The first-order chi connectivity index (χ1) is 19.9. The van der Waals surface area contributed by atoms with Crippen molar-refractivity contribution in [2.24, 2.45) is 4.99 Å². The van der Waals surface area contributed by atoms with E-state index in [2.05, 4.69) is 39.9 Å². The Labute approximate surface area is 240 Å². The van der Waals surface area contributed by atoms with Crippen LogP contribution in [0, 0.1) is 20.8 Å². The number of aromatic nitrogens is 8. The molecular formula is C28H26ClN9O3. The van der Waals surface area contributed by atoms with Crippen LogP contribution in [0.25, 0.3) is 5.95 Å². The van der Waals surface area contributed by atoms with E-state index in [1.54, 1.807) is 85.5 Å². The highest BCUT2D eigenvalue weighted by Gasteiger charge is 2.11. The van der Waals surface area contributed by atoms with Gasteiger partial charge in [-0.2, -0.15) is 9.97 Å². The van der Waals surface area contributed by atoms with E-state index in [0.717, 1.165) is 17.7 Å². The number of aromatic amines is 1. The van der Waals surface area contributed by atoms with E-state index in [-0.39, 0.29) is 16.7 Å². The Bertz CT molecular complexity index is 1660. The smallest absolute Gasteiger partial charge is 0.259 e. The van der Waals surface area contributed by atoms with E-state index in [0.29, 0.717) is 28.9 Å². The number of imidazole rings is 1. The van der Waals surface area contributed by atoms with Crippen molar-refractivity contribution < 1.29 is 9.47 Å². The highest BCUT2D eigenvalue weighted by Crippen LogP contribution is 2.24. The average molecular weight is 572 g/mol. The summed E-state index contributed by atoms with van der Waals surface area (Å²) < 4.78 is 12.8. The molecule has 0 fully saturated rings. The third-order valence-electron chi connectivity index (χ3n) is 5.40. The van der Waals surface area contributed by atoms with Crippen LogP contribution in [0.15, 0.2) is 89.8 Å². The van der Waals surface area contributed by atoms with Crippen molar-refractivity contribution in [1.82, 2.24) is 39.5 Å². The molecule has 0 amide bonds. The maximum Gasteiger partial charge on any atom is 0.259 e.